The minimum Gasteiger partial charge on any atom is -0.495 e. The van der Waals surface area contributed by atoms with E-state index in [4.69, 9.17) is 4.74 Å². The van der Waals surface area contributed by atoms with Crippen LogP contribution in [0.2, 0.25) is 0 Å². The van der Waals surface area contributed by atoms with Gasteiger partial charge < -0.3 is 4.74 Å². The molecular formula is C12H15N3O3S. The summed E-state index contributed by atoms with van der Waals surface area (Å²) in [5.74, 6) is 0.470. The van der Waals surface area contributed by atoms with Gasteiger partial charge in [0.15, 0.2) is 0 Å². The smallest absolute Gasteiger partial charge is 0.265 e. The quantitative estimate of drug-likeness (QED) is 0.922. The normalized spacial score (nSPS) is 11.3. The molecule has 0 amide bonds. The van der Waals surface area contributed by atoms with E-state index in [-0.39, 0.29) is 4.90 Å². The number of nitrogens with zero attached hydrogens (tertiary/aromatic N) is 2. The van der Waals surface area contributed by atoms with Gasteiger partial charge in [0.05, 0.1) is 19.0 Å². The lowest BCUT2D eigenvalue weighted by atomic mass is 10.2. The van der Waals surface area contributed by atoms with Crippen molar-refractivity contribution in [1.82, 2.24) is 9.78 Å². The Labute approximate surface area is 112 Å². The van der Waals surface area contributed by atoms with E-state index in [0.717, 1.165) is 5.56 Å². The summed E-state index contributed by atoms with van der Waals surface area (Å²) in [6.45, 7) is 1.88. The van der Waals surface area contributed by atoms with Crippen molar-refractivity contribution < 1.29 is 13.2 Å². The number of benzene rings is 1. The van der Waals surface area contributed by atoms with Gasteiger partial charge in [-0.15, -0.1) is 0 Å². The third-order valence-corrected chi connectivity index (χ3v) is 3.91. The number of ether oxygens (including phenoxy) is 1. The summed E-state index contributed by atoms with van der Waals surface area (Å²) in [5, 5.41) is 3.85. The van der Waals surface area contributed by atoms with Crippen molar-refractivity contribution in [3.63, 3.8) is 0 Å². The highest BCUT2D eigenvalue weighted by atomic mass is 32.2. The zero-order chi connectivity index (χ0) is 14.0. The largest absolute Gasteiger partial charge is 0.495 e. The first-order chi connectivity index (χ1) is 8.92. The average molecular weight is 281 g/mol. The van der Waals surface area contributed by atoms with Gasteiger partial charge in [0.25, 0.3) is 10.0 Å². The maximum atomic E-state index is 12.2. The van der Waals surface area contributed by atoms with Gasteiger partial charge in [-0.3, -0.25) is 9.40 Å². The zero-order valence-electron chi connectivity index (χ0n) is 10.9. The van der Waals surface area contributed by atoms with E-state index in [1.54, 1.807) is 19.2 Å². The maximum absolute atomic E-state index is 12.2. The predicted molar refractivity (Wildman–Crippen MR) is 71.7 cm³/mol. The number of aryl methyl sites for hydroxylation is 2. The number of hydrogen-bond acceptors (Lipinski definition) is 4. The Morgan fingerprint density at radius 3 is 2.68 bits per heavy atom. The Balaban J connectivity index is 2.38. The molecular weight excluding hydrogens is 266 g/mol. The Morgan fingerprint density at radius 2 is 2.11 bits per heavy atom. The lowest BCUT2D eigenvalue weighted by molar-refractivity contribution is 0.417. The van der Waals surface area contributed by atoms with Crippen LogP contribution in [0.4, 0.5) is 5.69 Å². The van der Waals surface area contributed by atoms with Crippen molar-refractivity contribution in [3.05, 3.63) is 36.2 Å². The molecule has 0 unspecified atom stereocenters. The van der Waals surface area contributed by atoms with Crippen LogP contribution in [0.15, 0.2) is 35.5 Å². The van der Waals surface area contributed by atoms with Crippen LogP contribution in [0.1, 0.15) is 5.56 Å². The first kappa shape index (κ1) is 13.4. The molecule has 1 aromatic carbocycles. The highest BCUT2D eigenvalue weighted by molar-refractivity contribution is 7.92. The van der Waals surface area contributed by atoms with E-state index in [1.807, 2.05) is 13.0 Å². The third-order valence-electron chi connectivity index (χ3n) is 2.59. The molecule has 0 saturated carbocycles. The number of anilines is 1. The van der Waals surface area contributed by atoms with Gasteiger partial charge in [-0.2, -0.15) is 5.10 Å². The summed E-state index contributed by atoms with van der Waals surface area (Å²) in [6.07, 6.45) is 2.73. The van der Waals surface area contributed by atoms with Gasteiger partial charge in [-0.25, -0.2) is 8.42 Å². The molecule has 102 valence electrons. The number of hydrogen-bond donors (Lipinski definition) is 1. The van der Waals surface area contributed by atoms with Crippen molar-refractivity contribution in [3.8, 4) is 5.75 Å². The second kappa shape index (κ2) is 4.93. The lowest BCUT2D eigenvalue weighted by Gasteiger charge is -2.11. The van der Waals surface area contributed by atoms with E-state index >= 15 is 0 Å². The molecule has 0 bridgehead atoms. The van der Waals surface area contributed by atoms with Crippen molar-refractivity contribution in [2.24, 2.45) is 7.05 Å². The second-order valence-electron chi connectivity index (χ2n) is 4.16. The van der Waals surface area contributed by atoms with Gasteiger partial charge in [-0.05, 0) is 24.6 Å². The molecule has 1 aromatic heterocycles. The molecule has 0 radical (unpaired) electrons. The minimum absolute atomic E-state index is 0.110. The first-order valence-corrected chi connectivity index (χ1v) is 7.07. The fraction of sp³-hybridized carbons (Fsp3) is 0.250. The number of sulfonamides is 1. The van der Waals surface area contributed by atoms with Crippen molar-refractivity contribution in [2.45, 2.75) is 11.8 Å². The van der Waals surface area contributed by atoms with Crippen molar-refractivity contribution in [2.75, 3.05) is 11.8 Å². The molecule has 0 aliphatic rings. The van der Waals surface area contributed by atoms with E-state index < -0.39 is 10.0 Å². The Bertz CT molecular complexity index is 692. The second-order valence-corrected chi connectivity index (χ2v) is 5.84. The molecule has 0 fully saturated rings. The Hall–Kier alpha value is -2.02. The van der Waals surface area contributed by atoms with Crippen LogP contribution in [-0.4, -0.2) is 25.3 Å². The van der Waals surface area contributed by atoms with E-state index in [0.29, 0.717) is 11.4 Å². The highest BCUT2D eigenvalue weighted by Gasteiger charge is 2.18. The van der Waals surface area contributed by atoms with Gasteiger partial charge in [0.1, 0.15) is 10.6 Å². The van der Waals surface area contributed by atoms with Crippen LogP contribution < -0.4 is 9.46 Å². The summed E-state index contributed by atoms with van der Waals surface area (Å²) in [7, 11) is -0.504. The first-order valence-electron chi connectivity index (χ1n) is 5.58. The zero-order valence-corrected chi connectivity index (χ0v) is 11.7. The van der Waals surface area contributed by atoms with Crippen molar-refractivity contribution >= 4 is 15.7 Å². The van der Waals surface area contributed by atoms with Crippen LogP contribution in [0.5, 0.6) is 5.75 Å². The fourth-order valence-corrected chi connectivity index (χ4v) is 2.69. The standard InChI is InChI=1S/C12H15N3O3S/c1-9-4-5-12(18-3)11(6-9)14-19(16,17)10-7-13-15(2)8-10/h4-8,14H,1-3H3. The summed E-state index contributed by atoms with van der Waals surface area (Å²) in [6, 6.07) is 5.28. The number of aromatic nitrogens is 2. The monoisotopic (exact) mass is 281 g/mol. The molecule has 19 heavy (non-hydrogen) atoms. The molecule has 2 rings (SSSR count). The van der Waals surface area contributed by atoms with Crippen LogP contribution in [0.25, 0.3) is 0 Å². The minimum atomic E-state index is -3.66. The van der Waals surface area contributed by atoms with Gasteiger partial charge in [0, 0.05) is 13.2 Å². The Kier molecular flexibility index (Phi) is 3.48. The van der Waals surface area contributed by atoms with Crippen LogP contribution >= 0.6 is 0 Å². The third kappa shape index (κ3) is 2.87. The molecule has 1 N–H and O–H groups in total. The summed E-state index contributed by atoms with van der Waals surface area (Å²) in [5.41, 5.74) is 1.34. The SMILES string of the molecule is COc1ccc(C)cc1NS(=O)(=O)c1cnn(C)c1. The maximum Gasteiger partial charge on any atom is 0.265 e. The van der Waals surface area contributed by atoms with Gasteiger partial charge in [0.2, 0.25) is 0 Å². The molecule has 0 aliphatic heterocycles. The summed E-state index contributed by atoms with van der Waals surface area (Å²) >= 11 is 0. The van der Waals surface area contributed by atoms with E-state index in [9.17, 15) is 8.42 Å². The fourth-order valence-electron chi connectivity index (χ4n) is 1.64. The topological polar surface area (TPSA) is 73.2 Å². The number of methoxy groups -OCH3 is 1. The molecule has 0 aliphatic carbocycles. The molecule has 2 aromatic rings. The average Bonchev–Trinajstić information content (AvgIpc) is 2.76. The molecule has 0 spiro atoms. The number of rotatable bonds is 4. The highest BCUT2D eigenvalue weighted by Crippen LogP contribution is 2.27. The van der Waals surface area contributed by atoms with Crippen molar-refractivity contribution in [1.29, 1.82) is 0 Å². The Morgan fingerprint density at radius 1 is 1.37 bits per heavy atom. The molecule has 0 saturated heterocycles. The summed E-state index contributed by atoms with van der Waals surface area (Å²) in [4.78, 5) is 0.110. The van der Waals surface area contributed by atoms with Gasteiger partial charge >= 0.3 is 0 Å². The van der Waals surface area contributed by atoms with E-state index in [2.05, 4.69) is 9.82 Å². The molecule has 7 heteroatoms. The van der Waals surface area contributed by atoms with Gasteiger partial charge in [-0.1, -0.05) is 6.07 Å². The van der Waals surface area contributed by atoms with Crippen LogP contribution in [0, 0.1) is 6.92 Å². The van der Waals surface area contributed by atoms with Crippen LogP contribution in [0.3, 0.4) is 0 Å². The number of nitrogens with one attached hydrogen (secondary N) is 1. The van der Waals surface area contributed by atoms with Crippen LogP contribution in [-0.2, 0) is 17.1 Å². The molecule has 1 heterocycles. The molecule has 0 atom stereocenters. The summed E-state index contributed by atoms with van der Waals surface area (Å²) < 4.78 is 33.4. The predicted octanol–water partition coefficient (Wildman–Crippen LogP) is 1.54. The van der Waals surface area contributed by atoms with E-state index in [1.165, 1.54) is 24.2 Å². The lowest BCUT2D eigenvalue weighted by Crippen LogP contribution is -2.13. The molecule has 6 nitrogen and oxygen atoms in total.